The van der Waals surface area contributed by atoms with Crippen molar-refractivity contribution in [1.29, 1.82) is 0 Å². The van der Waals surface area contributed by atoms with E-state index >= 15 is 0 Å². The van der Waals surface area contributed by atoms with Crippen molar-refractivity contribution >= 4 is 23.6 Å². The number of H-pyrrole nitrogens is 1. The highest BCUT2D eigenvalue weighted by molar-refractivity contribution is 7.98. The van der Waals surface area contributed by atoms with Crippen LogP contribution in [-0.2, 0) is 4.79 Å². The normalized spacial score (nSPS) is 22.0. The number of amides is 1. The molecule has 0 spiro atoms. The number of carbonyl (C=O) groups excluding carboxylic acids is 1. The number of hydrogen-bond acceptors (Lipinski definition) is 5. The Bertz CT molecular complexity index is 352. The number of carbonyl (C=O) groups is 1. The summed E-state index contributed by atoms with van der Waals surface area (Å²) in [5, 5.41) is 7.28. The number of hydrogen-bond donors (Lipinski definition) is 2. The van der Waals surface area contributed by atoms with Crippen LogP contribution in [0.5, 0.6) is 0 Å². The van der Waals surface area contributed by atoms with Crippen LogP contribution in [0.3, 0.4) is 0 Å². The highest BCUT2D eigenvalue weighted by Crippen LogP contribution is 2.18. The molecule has 1 fully saturated rings. The summed E-state index contributed by atoms with van der Waals surface area (Å²) in [5.74, 6) is 0.494. The van der Waals surface area contributed by atoms with Crippen molar-refractivity contribution in [2.45, 2.75) is 17.6 Å². The Balaban J connectivity index is 2.18. The summed E-state index contributed by atoms with van der Waals surface area (Å²) in [7, 11) is 0. The molecule has 1 amide bonds. The smallest absolute Gasteiger partial charge is 0.231 e. The van der Waals surface area contributed by atoms with E-state index in [4.69, 9.17) is 5.73 Å². The van der Waals surface area contributed by atoms with Crippen LogP contribution in [-0.4, -0.2) is 39.9 Å². The fraction of sp³-hybridized carbons (Fsp3) is 0.571. The van der Waals surface area contributed by atoms with Crippen LogP contribution >= 0.6 is 11.8 Å². The van der Waals surface area contributed by atoms with Crippen LogP contribution < -0.4 is 10.6 Å². The molecule has 0 aliphatic carbocycles. The van der Waals surface area contributed by atoms with Gasteiger partial charge in [-0.3, -0.25) is 9.69 Å². The minimum absolute atomic E-state index is 0.00121. The van der Waals surface area contributed by atoms with E-state index in [9.17, 15) is 4.79 Å². The van der Waals surface area contributed by atoms with E-state index in [0.29, 0.717) is 24.1 Å². The molecule has 1 aromatic rings. The molecule has 0 saturated carbocycles. The highest BCUT2D eigenvalue weighted by Gasteiger charge is 2.30. The fourth-order valence-corrected chi connectivity index (χ4v) is 1.71. The minimum atomic E-state index is -0.0923. The van der Waals surface area contributed by atoms with E-state index in [1.807, 2.05) is 6.26 Å². The molecule has 6 nitrogen and oxygen atoms in total. The quantitative estimate of drug-likeness (QED) is 0.652. The summed E-state index contributed by atoms with van der Waals surface area (Å²) < 4.78 is 0. The lowest BCUT2D eigenvalue weighted by atomic mass is 10.3. The number of anilines is 1. The molecule has 3 N–H and O–H groups in total. The van der Waals surface area contributed by atoms with Gasteiger partial charge in [-0.05, 0) is 6.26 Å². The lowest BCUT2D eigenvalue weighted by molar-refractivity contribution is -0.117. The SMILES string of the molecule is CSc1n[nH]c(N2CC(N)CC2=O)n1. The number of nitrogens with zero attached hydrogens (tertiary/aromatic N) is 3. The summed E-state index contributed by atoms with van der Waals surface area (Å²) in [5.41, 5.74) is 5.66. The third-order valence-electron chi connectivity index (χ3n) is 2.05. The Hall–Kier alpha value is -1.08. The van der Waals surface area contributed by atoms with Crippen molar-refractivity contribution in [3.05, 3.63) is 0 Å². The lowest BCUT2D eigenvalue weighted by Gasteiger charge is -2.10. The molecule has 1 atom stereocenters. The molecular formula is C7H11N5OS. The summed E-state index contributed by atoms with van der Waals surface area (Å²) >= 11 is 1.43. The number of nitrogens with one attached hydrogen (secondary N) is 1. The van der Waals surface area contributed by atoms with E-state index in [0.717, 1.165) is 0 Å². The molecule has 14 heavy (non-hydrogen) atoms. The van der Waals surface area contributed by atoms with Crippen LogP contribution in [0.1, 0.15) is 6.42 Å². The average molecular weight is 213 g/mol. The fourth-order valence-electron chi connectivity index (χ4n) is 1.39. The monoisotopic (exact) mass is 213 g/mol. The standard InChI is InChI=1S/C7H11N5OS/c1-14-7-9-6(10-11-7)12-3-4(8)2-5(12)13/h4H,2-3,8H2,1H3,(H,9,10,11). The summed E-state index contributed by atoms with van der Waals surface area (Å²) in [6.07, 6.45) is 2.26. The van der Waals surface area contributed by atoms with Crippen LogP contribution in [0.15, 0.2) is 5.16 Å². The van der Waals surface area contributed by atoms with Gasteiger partial charge in [-0.2, -0.15) is 4.98 Å². The topological polar surface area (TPSA) is 87.9 Å². The van der Waals surface area contributed by atoms with Gasteiger partial charge in [0.05, 0.1) is 0 Å². The number of rotatable bonds is 2. The van der Waals surface area contributed by atoms with Gasteiger partial charge in [0, 0.05) is 19.0 Å². The zero-order valence-electron chi connectivity index (χ0n) is 7.73. The van der Waals surface area contributed by atoms with E-state index < -0.39 is 0 Å². The molecule has 1 unspecified atom stereocenters. The predicted molar refractivity (Wildman–Crippen MR) is 53.1 cm³/mol. The van der Waals surface area contributed by atoms with Gasteiger partial charge in [-0.25, -0.2) is 5.10 Å². The first-order chi connectivity index (χ1) is 6.70. The van der Waals surface area contributed by atoms with Gasteiger partial charge in [0.2, 0.25) is 17.0 Å². The molecule has 0 aromatic carbocycles. The number of aromatic nitrogens is 3. The number of thioether (sulfide) groups is 1. The average Bonchev–Trinajstić information content (AvgIpc) is 2.71. The van der Waals surface area contributed by atoms with Gasteiger partial charge in [0.15, 0.2) is 0 Å². The van der Waals surface area contributed by atoms with Crippen LogP contribution in [0.2, 0.25) is 0 Å². The maximum absolute atomic E-state index is 11.4. The molecule has 1 aliphatic rings. The van der Waals surface area contributed by atoms with Gasteiger partial charge in [-0.15, -0.1) is 5.10 Å². The van der Waals surface area contributed by atoms with Crippen molar-refractivity contribution in [1.82, 2.24) is 15.2 Å². The van der Waals surface area contributed by atoms with Gasteiger partial charge < -0.3 is 5.73 Å². The van der Waals surface area contributed by atoms with Gasteiger partial charge in [-0.1, -0.05) is 11.8 Å². The zero-order chi connectivity index (χ0) is 10.1. The van der Waals surface area contributed by atoms with E-state index in [-0.39, 0.29) is 11.9 Å². The van der Waals surface area contributed by atoms with Crippen molar-refractivity contribution in [2.75, 3.05) is 17.7 Å². The first kappa shape index (κ1) is 9.47. The molecule has 2 heterocycles. The van der Waals surface area contributed by atoms with Crippen molar-refractivity contribution in [3.8, 4) is 0 Å². The largest absolute Gasteiger partial charge is 0.326 e. The summed E-state index contributed by atoms with van der Waals surface area (Å²) in [6.45, 7) is 0.516. The number of nitrogens with two attached hydrogens (primary N) is 1. The molecule has 2 rings (SSSR count). The first-order valence-electron chi connectivity index (χ1n) is 4.23. The van der Waals surface area contributed by atoms with Crippen molar-refractivity contribution < 1.29 is 4.79 Å². The van der Waals surface area contributed by atoms with E-state index in [1.165, 1.54) is 16.7 Å². The second-order valence-electron chi connectivity index (χ2n) is 3.11. The molecule has 7 heteroatoms. The molecule has 1 aromatic heterocycles. The van der Waals surface area contributed by atoms with Crippen LogP contribution in [0.25, 0.3) is 0 Å². The third kappa shape index (κ3) is 1.60. The maximum Gasteiger partial charge on any atom is 0.231 e. The van der Waals surface area contributed by atoms with Gasteiger partial charge in [0.1, 0.15) is 0 Å². The summed E-state index contributed by atoms with van der Waals surface area (Å²) in [4.78, 5) is 17.1. The molecule has 1 aliphatic heterocycles. The molecule has 0 bridgehead atoms. The second kappa shape index (κ2) is 3.58. The third-order valence-corrected chi connectivity index (χ3v) is 2.59. The Morgan fingerprint density at radius 2 is 2.50 bits per heavy atom. The van der Waals surface area contributed by atoms with E-state index in [2.05, 4.69) is 15.2 Å². The second-order valence-corrected chi connectivity index (χ2v) is 3.89. The molecule has 76 valence electrons. The molecule has 0 radical (unpaired) electrons. The first-order valence-corrected chi connectivity index (χ1v) is 5.45. The van der Waals surface area contributed by atoms with Gasteiger partial charge in [0.25, 0.3) is 0 Å². The minimum Gasteiger partial charge on any atom is -0.326 e. The Labute approximate surface area is 85.3 Å². The number of aromatic amines is 1. The van der Waals surface area contributed by atoms with Gasteiger partial charge >= 0.3 is 0 Å². The highest BCUT2D eigenvalue weighted by atomic mass is 32.2. The maximum atomic E-state index is 11.4. The van der Waals surface area contributed by atoms with Crippen LogP contribution in [0.4, 0.5) is 5.95 Å². The Kier molecular flexibility index (Phi) is 2.42. The van der Waals surface area contributed by atoms with Crippen molar-refractivity contribution in [2.24, 2.45) is 5.73 Å². The lowest BCUT2D eigenvalue weighted by Crippen LogP contribution is -2.28. The molecular weight excluding hydrogens is 202 g/mol. The zero-order valence-corrected chi connectivity index (χ0v) is 8.54. The van der Waals surface area contributed by atoms with Crippen LogP contribution in [0, 0.1) is 0 Å². The van der Waals surface area contributed by atoms with Crippen molar-refractivity contribution in [3.63, 3.8) is 0 Å². The van der Waals surface area contributed by atoms with E-state index in [1.54, 1.807) is 0 Å². The Morgan fingerprint density at radius 1 is 1.71 bits per heavy atom. The summed E-state index contributed by atoms with van der Waals surface area (Å²) in [6, 6.07) is -0.0923. The molecule has 1 saturated heterocycles. The predicted octanol–water partition coefficient (Wildman–Crippen LogP) is -0.409. The Morgan fingerprint density at radius 3 is 3.00 bits per heavy atom.